The van der Waals surface area contributed by atoms with E-state index in [1.165, 1.54) is 60.7 Å². The van der Waals surface area contributed by atoms with Gasteiger partial charge in [-0.3, -0.25) is 19.2 Å². The summed E-state index contributed by atoms with van der Waals surface area (Å²) in [4.78, 5) is 48.7. The van der Waals surface area contributed by atoms with Gasteiger partial charge in [0.25, 0.3) is 0 Å². The maximum absolute atomic E-state index is 10.4. The molecule has 1 aliphatic heterocycles. The zero-order chi connectivity index (χ0) is 31.5. The molecule has 0 atom stereocenters. The molecule has 39 heavy (non-hydrogen) atoms. The highest BCUT2D eigenvalue weighted by Crippen LogP contribution is 2.12. The van der Waals surface area contributed by atoms with E-state index in [0.717, 1.165) is 26.1 Å². The summed E-state index contributed by atoms with van der Waals surface area (Å²) in [7, 11) is 8.51. The van der Waals surface area contributed by atoms with Crippen molar-refractivity contribution in [3.63, 3.8) is 0 Å². The fourth-order valence-corrected chi connectivity index (χ4v) is 1.50. The summed E-state index contributed by atoms with van der Waals surface area (Å²) in [6, 6.07) is 0. The van der Waals surface area contributed by atoms with Gasteiger partial charge in [-0.1, -0.05) is 12.5 Å². The molecule has 1 aliphatic carbocycles. The number of ketones is 1. The highest BCUT2D eigenvalue weighted by atomic mass is 16.7. The molecular formula is C26H50O13. The average molecular weight is 571 g/mol. The maximum Gasteiger partial charge on any atom is 0.507 e. The van der Waals surface area contributed by atoms with Gasteiger partial charge in [0.1, 0.15) is 0 Å². The minimum Gasteiger partial charge on any atom is -0.481 e. The topological polar surface area (TPSA) is 170 Å². The van der Waals surface area contributed by atoms with E-state index in [4.69, 9.17) is 9.84 Å². The van der Waals surface area contributed by atoms with Crippen molar-refractivity contribution in [1.29, 1.82) is 0 Å². The van der Waals surface area contributed by atoms with Gasteiger partial charge in [-0.05, 0) is 32.3 Å². The average Bonchev–Trinajstić information content (AvgIpc) is 3.63. The summed E-state index contributed by atoms with van der Waals surface area (Å²) in [5.74, 6) is -0.947. The van der Waals surface area contributed by atoms with Crippen molar-refractivity contribution in [3.05, 3.63) is 11.6 Å². The summed E-state index contributed by atoms with van der Waals surface area (Å²) >= 11 is 0. The number of allylic oxidation sites excluding steroid dienone is 2. The summed E-state index contributed by atoms with van der Waals surface area (Å²) in [5.41, 5.74) is 1.23. The van der Waals surface area contributed by atoms with Gasteiger partial charge in [0.15, 0.2) is 5.78 Å². The molecule has 232 valence electrons. The van der Waals surface area contributed by atoms with Crippen LogP contribution in [0.2, 0.25) is 0 Å². The molecule has 2 aliphatic rings. The molecule has 2 rings (SSSR count). The number of carboxylic acids is 1. The fraction of sp³-hybridized carbons (Fsp3) is 0.731. The Morgan fingerprint density at radius 2 is 1.15 bits per heavy atom. The number of rotatable bonds is 4. The van der Waals surface area contributed by atoms with E-state index in [1.54, 1.807) is 27.2 Å². The Bertz CT molecular complexity index is 576. The lowest BCUT2D eigenvalue weighted by Crippen LogP contribution is -1.97. The molecule has 0 aromatic rings. The molecule has 1 heterocycles. The number of hydrogen-bond donors (Lipinski definition) is 1. The van der Waals surface area contributed by atoms with Gasteiger partial charge < -0.3 is 38.3 Å². The van der Waals surface area contributed by atoms with E-state index >= 15 is 0 Å². The number of ether oxygens (including phenoxy) is 7. The van der Waals surface area contributed by atoms with Crippen molar-refractivity contribution < 1.29 is 62.2 Å². The van der Waals surface area contributed by atoms with Crippen molar-refractivity contribution in [2.75, 3.05) is 69.1 Å². The number of hydrogen-bond acceptors (Lipinski definition) is 12. The van der Waals surface area contributed by atoms with Gasteiger partial charge >= 0.3 is 24.1 Å². The van der Waals surface area contributed by atoms with Crippen LogP contribution >= 0.6 is 0 Å². The minimum atomic E-state index is -0.745. The first kappa shape index (κ1) is 45.9. The molecule has 1 saturated heterocycles. The van der Waals surface area contributed by atoms with Crippen LogP contribution in [0, 0.1) is 0 Å². The molecule has 0 aromatic carbocycles. The number of carbonyl (C=O) groups excluding carboxylic acids is 4. The van der Waals surface area contributed by atoms with Crippen LogP contribution in [-0.2, 0) is 52.3 Å². The lowest BCUT2D eigenvalue weighted by atomic mass is 10.3. The first-order valence-corrected chi connectivity index (χ1v) is 12.0. The molecule has 0 radical (unpaired) electrons. The maximum atomic E-state index is 10.4. The van der Waals surface area contributed by atoms with Crippen LogP contribution < -0.4 is 0 Å². The zero-order valence-electron chi connectivity index (χ0n) is 25.3. The van der Waals surface area contributed by atoms with Gasteiger partial charge in [-0.2, -0.15) is 0 Å². The van der Waals surface area contributed by atoms with Crippen molar-refractivity contribution in [2.45, 2.75) is 59.8 Å². The minimum absolute atomic E-state index is 0.222. The predicted octanol–water partition coefficient (Wildman–Crippen LogP) is 3.61. The van der Waals surface area contributed by atoms with Crippen LogP contribution in [0.5, 0.6) is 0 Å². The van der Waals surface area contributed by atoms with Gasteiger partial charge in [0.2, 0.25) is 0 Å². The van der Waals surface area contributed by atoms with Crippen LogP contribution in [0.25, 0.3) is 0 Å². The molecule has 0 unspecified atom stereocenters. The smallest absolute Gasteiger partial charge is 0.481 e. The Labute approximate surface area is 233 Å². The first-order valence-electron chi connectivity index (χ1n) is 12.0. The number of aliphatic carboxylic acids is 1. The molecule has 0 bridgehead atoms. The van der Waals surface area contributed by atoms with E-state index < -0.39 is 12.1 Å². The summed E-state index contributed by atoms with van der Waals surface area (Å²) in [6.45, 7) is 9.69. The second-order valence-electron chi connectivity index (χ2n) is 7.06. The van der Waals surface area contributed by atoms with Crippen LogP contribution in [0.1, 0.15) is 59.8 Å². The largest absolute Gasteiger partial charge is 0.507 e. The Hall–Kier alpha value is -3.03. The normalized spacial score (nSPS) is 11.8. The predicted molar refractivity (Wildman–Crippen MR) is 145 cm³/mol. The fourth-order valence-electron chi connectivity index (χ4n) is 1.50. The van der Waals surface area contributed by atoms with Crippen molar-refractivity contribution in [1.82, 2.24) is 0 Å². The third-order valence-corrected chi connectivity index (χ3v) is 3.70. The van der Waals surface area contributed by atoms with Crippen LogP contribution in [-0.4, -0.2) is 104 Å². The highest BCUT2D eigenvalue weighted by Gasteiger charge is 2.05. The van der Waals surface area contributed by atoms with Gasteiger partial charge in [-0.25, -0.2) is 4.79 Å². The molecule has 13 nitrogen and oxygen atoms in total. The molecule has 0 amide bonds. The molecule has 0 spiro atoms. The molecule has 0 saturated carbocycles. The molecule has 1 N–H and O–H groups in total. The van der Waals surface area contributed by atoms with Crippen LogP contribution in [0.15, 0.2) is 11.6 Å². The van der Waals surface area contributed by atoms with E-state index in [0.29, 0.717) is 13.2 Å². The van der Waals surface area contributed by atoms with E-state index in [2.05, 4.69) is 28.4 Å². The monoisotopic (exact) mass is 570 g/mol. The van der Waals surface area contributed by atoms with Crippen molar-refractivity contribution in [3.8, 4) is 0 Å². The lowest BCUT2D eigenvalue weighted by molar-refractivity contribution is -0.138. The van der Waals surface area contributed by atoms with E-state index in [1.807, 2.05) is 6.92 Å². The van der Waals surface area contributed by atoms with E-state index in [9.17, 15) is 24.0 Å². The summed E-state index contributed by atoms with van der Waals surface area (Å²) < 4.78 is 30.6. The molecule has 0 aromatic heterocycles. The van der Waals surface area contributed by atoms with Gasteiger partial charge in [-0.15, -0.1) is 0 Å². The van der Waals surface area contributed by atoms with E-state index in [-0.39, 0.29) is 24.1 Å². The third kappa shape index (κ3) is 66.2. The van der Waals surface area contributed by atoms with Crippen LogP contribution in [0.4, 0.5) is 4.79 Å². The summed E-state index contributed by atoms with van der Waals surface area (Å²) in [6.07, 6.45) is 5.57. The Morgan fingerprint density at radius 1 is 0.795 bits per heavy atom. The second kappa shape index (κ2) is 39.5. The standard InChI is InChI=1S/C6H8O.C4H10O2.C4H8O.C3H6O3.3C3H6O2/c1-5-2-3-6(7)4-5;1-5-3-4-6-2;1-2-4-5-3-1;1-5-3(4)6-2;2*1-3(4)5-2;1-2-3(4)5/h4H,2-3H2,1H3;3-4H2,1-2H3;1-4H2;1-2H3;2*1-2H3;2H2,1H3,(H,4,5). The summed E-state index contributed by atoms with van der Waals surface area (Å²) in [5, 5.41) is 7.72. The number of carboxylic acid groups (broad SMARTS) is 1. The molecular weight excluding hydrogens is 520 g/mol. The number of esters is 2. The second-order valence-corrected chi connectivity index (χ2v) is 7.06. The Morgan fingerprint density at radius 3 is 1.23 bits per heavy atom. The van der Waals surface area contributed by atoms with Crippen molar-refractivity contribution in [2.24, 2.45) is 0 Å². The lowest BCUT2D eigenvalue weighted by Gasteiger charge is -1.91. The third-order valence-electron chi connectivity index (χ3n) is 3.70. The van der Waals surface area contributed by atoms with Crippen LogP contribution in [0.3, 0.4) is 0 Å². The molecule has 1 fully saturated rings. The number of carbonyl (C=O) groups is 5. The highest BCUT2D eigenvalue weighted by molar-refractivity contribution is 5.92. The van der Waals surface area contributed by atoms with Gasteiger partial charge in [0.05, 0.1) is 41.7 Å². The van der Waals surface area contributed by atoms with Crippen molar-refractivity contribution >= 4 is 29.8 Å². The molecule has 13 heteroatoms. The Balaban J connectivity index is -0.000000116. The van der Waals surface area contributed by atoms with Gasteiger partial charge in [0, 0.05) is 54.1 Å². The Kier molecular flexibility index (Phi) is 46.4. The first-order chi connectivity index (χ1) is 18.3. The quantitative estimate of drug-likeness (QED) is 0.295. The SMILES string of the molecule is C1CCOC1.CC1=CC(=O)CC1.CCC(=O)O.COC(=O)OC.COC(C)=O.COC(C)=O.COCCOC. The number of methoxy groups -OCH3 is 6. The zero-order valence-corrected chi connectivity index (χ0v) is 25.3.